The van der Waals surface area contributed by atoms with Gasteiger partial charge in [-0.1, -0.05) is 38.1 Å². The van der Waals surface area contributed by atoms with Crippen molar-refractivity contribution in [3.63, 3.8) is 0 Å². The topological polar surface area (TPSA) is 101 Å². The van der Waals surface area contributed by atoms with Crippen LogP contribution in [0.5, 0.6) is 0 Å². The molecule has 8 heteroatoms. The molecule has 0 aliphatic heterocycles. The molecule has 1 aromatic carbocycles. The summed E-state index contributed by atoms with van der Waals surface area (Å²) in [6.45, 7) is 9.65. The van der Waals surface area contributed by atoms with Gasteiger partial charge in [0.15, 0.2) is 5.76 Å². The Morgan fingerprint density at radius 1 is 1.12 bits per heavy atom. The standard InChI is InChI=1S/C18H25N3O4S/c1-12-16(13(2)25-21-12)26(23,24)20-11-10-19-17(22)14-6-8-15(9-7-14)18(3,4)5/h6-9,20H,10-11H2,1-5H3,(H,19,22). The lowest BCUT2D eigenvalue weighted by Gasteiger charge is -2.19. The lowest BCUT2D eigenvalue weighted by molar-refractivity contribution is 0.0954. The SMILES string of the molecule is Cc1noc(C)c1S(=O)(=O)NCCNC(=O)c1ccc(C(C)(C)C)cc1. The van der Waals surface area contributed by atoms with Crippen LogP contribution in [0.1, 0.15) is 48.1 Å². The van der Waals surface area contributed by atoms with Crippen LogP contribution in [-0.4, -0.2) is 32.6 Å². The zero-order valence-electron chi connectivity index (χ0n) is 15.7. The predicted molar refractivity (Wildman–Crippen MR) is 98.6 cm³/mol. The number of nitrogens with one attached hydrogen (secondary N) is 2. The van der Waals surface area contributed by atoms with Crippen molar-refractivity contribution in [2.45, 2.75) is 44.9 Å². The van der Waals surface area contributed by atoms with Gasteiger partial charge in [0.25, 0.3) is 5.91 Å². The summed E-state index contributed by atoms with van der Waals surface area (Å²) in [6.07, 6.45) is 0. The molecule has 0 spiro atoms. The van der Waals surface area contributed by atoms with Crippen LogP contribution in [0.15, 0.2) is 33.7 Å². The van der Waals surface area contributed by atoms with Crippen molar-refractivity contribution in [2.75, 3.05) is 13.1 Å². The number of carbonyl (C=O) groups excluding carboxylic acids is 1. The average molecular weight is 379 g/mol. The van der Waals surface area contributed by atoms with Gasteiger partial charge in [0.05, 0.1) is 0 Å². The second-order valence-corrected chi connectivity index (χ2v) is 8.84. The first-order valence-corrected chi connectivity index (χ1v) is 9.82. The maximum atomic E-state index is 12.3. The number of benzene rings is 1. The number of hydrogen-bond acceptors (Lipinski definition) is 5. The summed E-state index contributed by atoms with van der Waals surface area (Å²) in [7, 11) is -3.72. The number of carbonyl (C=O) groups is 1. The summed E-state index contributed by atoms with van der Waals surface area (Å²) >= 11 is 0. The maximum Gasteiger partial charge on any atom is 0.251 e. The minimum Gasteiger partial charge on any atom is -0.360 e. The third-order valence-corrected chi connectivity index (χ3v) is 5.66. The fourth-order valence-corrected chi connectivity index (χ4v) is 3.87. The molecule has 0 unspecified atom stereocenters. The Bertz CT molecular complexity index is 859. The van der Waals surface area contributed by atoms with E-state index >= 15 is 0 Å². The second-order valence-electron chi connectivity index (χ2n) is 7.13. The van der Waals surface area contributed by atoms with Gasteiger partial charge in [-0.3, -0.25) is 4.79 Å². The van der Waals surface area contributed by atoms with Crippen molar-refractivity contribution in [3.8, 4) is 0 Å². The number of amides is 1. The first kappa shape index (κ1) is 20.1. The van der Waals surface area contributed by atoms with Gasteiger partial charge >= 0.3 is 0 Å². The lowest BCUT2D eigenvalue weighted by atomic mass is 9.87. The van der Waals surface area contributed by atoms with Gasteiger partial charge in [0.1, 0.15) is 10.6 Å². The third-order valence-electron chi connectivity index (χ3n) is 3.95. The van der Waals surface area contributed by atoms with Gasteiger partial charge in [0, 0.05) is 18.7 Å². The molecule has 1 aromatic heterocycles. The molecule has 26 heavy (non-hydrogen) atoms. The minimum atomic E-state index is -3.72. The Balaban J connectivity index is 1.89. The molecule has 1 amide bonds. The van der Waals surface area contributed by atoms with Crippen LogP contribution < -0.4 is 10.0 Å². The van der Waals surface area contributed by atoms with Crippen LogP contribution >= 0.6 is 0 Å². The van der Waals surface area contributed by atoms with Crippen LogP contribution in [0.4, 0.5) is 0 Å². The molecule has 7 nitrogen and oxygen atoms in total. The van der Waals surface area contributed by atoms with Gasteiger partial charge in [-0.05, 0) is 37.0 Å². The van der Waals surface area contributed by atoms with E-state index in [2.05, 4.69) is 36.0 Å². The quantitative estimate of drug-likeness (QED) is 0.750. The molecule has 0 bridgehead atoms. The lowest BCUT2D eigenvalue weighted by Crippen LogP contribution is -2.35. The normalized spacial score (nSPS) is 12.2. The summed E-state index contributed by atoms with van der Waals surface area (Å²) in [4.78, 5) is 12.2. The van der Waals surface area contributed by atoms with Crippen molar-refractivity contribution in [1.82, 2.24) is 15.2 Å². The number of rotatable bonds is 6. The molecule has 142 valence electrons. The molecule has 0 aliphatic carbocycles. The largest absolute Gasteiger partial charge is 0.360 e. The van der Waals surface area contributed by atoms with E-state index in [1.54, 1.807) is 19.1 Å². The molecule has 0 saturated heterocycles. The van der Waals surface area contributed by atoms with Crippen molar-refractivity contribution in [2.24, 2.45) is 0 Å². The van der Waals surface area contributed by atoms with Crippen LogP contribution in [-0.2, 0) is 15.4 Å². The number of aryl methyl sites for hydroxylation is 2. The summed E-state index contributed by atoms with van der Waals surface area (Å²) in [5, 5.41) is 6.34. The molecule has 0 saturated carbocycles. The van der Waals surface area contributed by atoms with E-state index in [0.717, 1.165) is 5.56 Å². The molecular weight excluding hydrogens is 354 g/mol. The van der Waals surface area contributed by atoms with Crippen LogP contribution in [0.3, 0.4) is 0 Å². The molecule has 2 N–H and O–H groups in total. The fraction of sp³-hybridized carbons (Fsp3) is 0.444. The summed E-state index contributed by atoms with van der Waals surface area (Å²) in [5.41, 5.74) is 2.00. The minimum absolute atomic E-state index is 0.0193. The van der Waals surface area contributed by atoms with Crippen molar-refractivity contribution >= 4 is 15.9 Å². The molecule has 0 radical (unpaired) electrons. The van der Waals surface area contributed by atoms with E-state index in [0.29, 0.717) is 11.3 Å². The molecular formula is C18H25N3O4S. The highest BCUT2D eigenvalue weighted by Crippen LogP contribution is 2.22. The van der Waals surface area contributed by atoms with Crippen LogP contribution in [0, 0.1) is 13.8 Å². The van der Waals surface area contributed by atoms with Gasteiger partial charge in [-0.2, -0.15) is 0 Å². The van der Waals surface area contributed by atoms with E-state index in [1.165, 1.54) is 6.92 Å². The Kier molecular flexibility index (Phi) is 5.87. The van der Waals surface area contributed by atoms with Gasteiger partial charge in [-0.15, -0.1) is 0 Å². The number of hydrogen-bond donors (Lipinski definition) is 2. The van der Waals surface area contributed by atoms with E-state index in [1.807, 2.05) is 12.1 Å². The summed E-state index contributed by atoms with van der Waals surface area (Å²) in [6, 6.07) is 7.39. The molecule has 2 rings (SSSR count). The Morgan fingerprint density at radius 2 is 1.73 bits per heavy atom. The van der Waals surface area contributed by atoms with E-state index in [4.69, 9.17) is 4.52 Å². The van der Waals surface area contributed by atoms with E-state index in [9.17, 15) is 13.2 Å². The predicted octanol–water partition coefficient (Wildman–Crippen LogP) is 2.30. The van der Waals surface area contributed by atoms with E-state index in [-0.39, 0.29) is 35.1 Å². The third kappa shape index (κ3) is 4.70. The Hall–Kier alpha value is -2.19. The van der Waals surface area contributed by atoms with Crippen molar-refractivity contribution in [3.05, 3.63) is 46.8 Å². The average Bonchev–Trinajstić information content (AvgIpc) is 2.90. The monoisotopic (exact) mass is 379 g/mol. The number of sulfonamides is 1. The number of nitrogens with zero attached hydrogens (tertiary/aromatic N) is 1. The highest BCUT2D eigenvalue weighted by molar-refractivity contribution is 7.89. The fourth-order valence-electron chi connectivity index (χ4n) is 2.52. The van der Waals surface area contributed by atoms with Gasteiger partial charge < -0.3 is 9.84 Å². The summed E-state index contributed by atoms with van der Waals surface area (Å²) in [5.74, 6) is -0.0139. The number of aromatic nitrogens is 1. The maximum absolute atomic E-state index is 12.3. The first-order chi connectivity index (χ1) is 12.0. The summed E-state index contributed by atoms with van der Waals surface area (Å²) < 4.78 is 31.8. The smallest absolute Gasteiger partial charge is 0.251 e. The molecule has 0 fully saturated rings. The molecule has 1 heterocycles. The highest BCUT2D eigenvalue weighted by Gasteiger charge is 2.23. The second kappa shape index (κ2) is 7.59. The van der Waals surface area contributed by atoms with E-state index < -0.39 is 10.0 Å². The van der Waals surface area contributed by atoms with Crippen LogP contribution in [0.25, 0.3) is 0 Å². The van der Waals surface area contributed by atoms with Crippen LogP contribution in [0.2, 0.25) is 0 Å². The van der Waals surface area contributed by atoms with Gasteiger partial charge in [0.2, 0.25) is 10.0 Å². The van der Waals surface area contributed by atoms with Gasteiger partial charge in [-0.25, -0.2) is 13.1 Å². The highest BCUT2D eigenvalue weighted by atomic mass is 32.2. The van der Waals surface area contributed by atoms with Crippen molar-refractivity contribution < 1.29 is 17.7 Å². The Labute approximate surface area is 154 Å². The van der Waals surface area contributed by atoms with Crippen molar-refractivity contribution in [1.29, 1.82) is 0 Å². The first-order valence-electron chi connectivity index (χ1n) is 8.33. The zero-order valence-corrected chi connectivity index (χ0v) is 16.5. The molecule has 0 atom stereocenters. The molecule has 0 aliphatic rings. The molecule has 2 aromatic rings. The zero-order chi connectivity index (χ0) is 19.5. The Morgan fingerprint density at radius 3 is 2.23 bits per heavy atom.